The summed E-state index contributed by atoms with van der Waals surface area (Å²) >= 11 is 0. The molecule has 0 radical (unpaired) electrons. The van der Waals surface area contributed by atoms with Gasteiger partial charge in [0.25, 0.3) is 0 Å². The summed E-state index contributed by atoms with van der Waals surface area (Å²) < 4.78 is 0. The maximum absolute atomic E-state index is 12.5. The standard InChI is InChI=1S/C19H24N4O2.C4H10.C2H6/c20-11-17-10-15-13-23(17)18(24)12-21-9-3-1-2-4-14-5-7-16(8-6-14)22-19(15)25;1-4(2)3;1-2/h5-8,15,17,21H,1-4,9-10,12-13H2,(H,22,25);4H,1-3H3;1-2H3. The van der Waals surface area contributed by atoms with Crippen LogP contribution >= 0.6 is 0 Å². The van der Waals surface area contributed by atoms with E-state index in [9.17, 15) is 14.9 Å². The summed E-state index contributed by atoms with van der Waals surface area (Å²) in [5.41, 5.74) is 2.03. The van der Waals surface area contributed by atoms with E-state index in [0.717, 1.165) is 43.8 Å². The van der Waals surface area contributed by atoms with Crippen LogP contribution in [-0.2, 0) is 16.0 Å². The van der Waals surface area contributed by atoms with Crippen molar-refractivity contribution >= 4 is 17.5 Å². The van der Waals surface area contributed by atoms with Crippen molar-refractivity contribution in [3.05, 3.63) is 29.8 Å². The summed E-state index contributed by atoms with van der Waals surface area (Å²) in [6.07, 6.45) is 4.65. The molecule has 0 aromatic heterocycles. The van der Waals surface area contributed by atoms with E-state index in [1.54, 1.807) is 4.90 Å². The maximum Gasteiger partial charge on any atom is 0.237 e. The Balaban J connectivity index is 0.000000720. The van der Waals surface area contributed by atoms with Crippen LogP contribution in [0.2, 0.25) is 0 Å². The number of benzene rings is 1. The Bertz CT molecular complexity index is 706. The Hall–Kier alpha value is -2.39. The van der Waals surface area contributed by atoms with Gasteiger partial charge in [-0.15, -0.1) is 0 Å². The Labute approximate surface area is 188 Å². The molecule has 1 saturated heterocycles. The van der Waals surface area contributed by atoms with Gasteiger partial charge in [0.1, 0.15) is 6.04 Å². The van der Waals surface area contributed by atoms with Crippen LogP contribution in [0.1, 0.15) is 65.9 Å². The molecular weight excluding hydrogens is 388 g/mol. The lowest BCUT2D eigenvalue weighted by molar-refractivity contribution is -0.130. The zero-order valence-corrected chi connectivity index (χ0v) is 19.9. The molecule has 3 aliphatic rings. The van der Waals surface area contributed by atoms with Gasteiger partial charge in [-0.25, -0.2) is 0 Å². The van der Waals surface area contributed by atoms with Crippen LogP contribution in [0, 0.1) is 23.2 Å². The summed E-state index contributed by atoms with van der Waals surface area (Å²) in [6, 6.07) is 9.58. The first-order chi connectivity index (χ1) is 14.9. The molecule has 2 unspecified atom stereocenters. The minimum Gasteiger partial charge on any atom is -0.326 e. The van der Waals surface area contributed by atoms with Crippen LogP contribution in [0.25, 0.3) is 0 Å². The zero-order chi connectivity index (χ0) is 23.2. The van der Waals surface area contributed by atoms with Gasteiger partial charge in [-0.1, -0.05) is 53.2 Å². The normalized spacial score (nSPS) is 21.8. The summed E-state index contributed by atoms with van der Waals surface area (Å²) in [5.74, 6) is 0.264. The first kappa shape index (κ1) is 26.6. The SMILES string of the molecule is CC.CC(C)C.N#CC1CC2CN1C(=O)CNCCCCCc1ccc(cc1)NC2=O. The second-order valence-electron chi connectivity index (χ2n) is 8.53. The highest BCUT2D eigenvalue weighted by molar-refractivity contribution is 5.93. The third-order valence-electron chi connectivity index (χ3n) is 4.96. The molecule has 4 rings (SSSR count). The van der Waals surface area contributed by atoms with Crippen molar-refractivity contribution in [1.29, 1.82) is 5.26 Å². The van der Waals surface area contributed by atoms with E-state index < -0.39 is 6.04 Å². The highest BCUT2D eigenvalue weighted by Gasteiger charge is 2.38. The lowest BCUT2D eigenvalue weighted by atomic mass is 10.0. The van der Waals surface area contributed by atoms with Crippen LogP contribution < -0.4 is 10.6 Å². The third-order valence-corrected chi connectivity index (χ3v) is 4.96. The van der Waals surface area contributed by atoms with E-state index in [4.69, 9.17) is 0 Å². The molecule has 0 aliphatic carbocycles. The number of nitrogens with zero attached hydrogens (tertiary/aromatic N) is 2. The quantitative estimate of drug-likeness (QED) is 0.642. The van der Waals surface area contributed by atoms with Crippen LogP contribution in [0.15, 0.2) is 24.3 Å². The van der Waals surface area contributed by atoms with Crippen LogP contribution in [0.4, 0.5) is 5.69 Å². The van der Waals surface area contributed by atoms with Gasteiger partial charge in [0.2, 0.25) is 11.8 Å². The van der Waals surface area contributed by atoms with E-state index in [1.165, 1.54) is 5.56 Å². The van der Waals surface area contributed by atoms with Crippen LogP contribution in [0.3, 0.4) is 0 Å². The smallest absolute Gasteiger partial charge is 0.237 e. The molecule has 6 nitrogen and oxygen atoms in total. The number of nitrogens with one attached hydrogen (secondary N) is 2. The number of carbonyl (C=O) groups excluding carboxylic acids is 2. The summed E-state index contributed by atoms with van der Waals surface area (Å²) in [6.45, 7) is 11.8. The molecule has 3 heterocycles. The lowest BCUT2D eigenvalue weighted by Crippen LogP contribution is -2.41. The minimum atomic E-state index is -0.522. The number of carbonyl (C=O) groups is 2. The zero-order valence-electron chi connectivity index (χ0n) is 19.9. The van der Waals surface area contributed by atoms with Gasteiger partial charge < -0.3 is 15.5 Å². The van der Waals surface area contributed by atoms with E-state index in [0.29, 0.717) is 13.0 Å². The Morgan fingerprint density at radius 1 is 1.06 bits per heavy atom. The average Bonchev–Trinajstić information content (AvgIpc) is 3.19. The molecule has 172 valence electrons. The molecule has 2 amide bonds. The predicted octanol–water partition coefficient (Wildman–Crippen LogP) is 4.37. The fourth-order valence-corrected chi connectivity index (χ4v) is 3.48. The van der Waals surface area contributed by atoms with Gasteiger partial charge in [0.05, 0.1) is 18.5 Å². The Morgan fingerprint density at radius 3 is 2.32 bits per heavy atom. The van der Waals surface area contributed by atoms with Crippen molar-refractivity contribution in [2.45, 2.75) is 72.8 Å². The minimum absolute atomic E-state index is 0.102. The van der Waals surface area contributed by atoms with Crippen molar-refractivity contribution < 1.29 is 9.59 Å². The first-order valence-corrected chi connectivity index (χ1v) is 11.7. The van der Waals surface area contributed by atoms with Gasteiger partial charge >= 0.3 is 0 Å². The monoisotopic (exact) mass is 428 g/mol. The van der Waals surface area contributed by atoms with Crippen LogP contribution in [0.5, 0.6) is 0 Å². The number of fused-ring (bicyclic) bond motifs is 10. The molecule has 1 aromatic rings. The molecule has 0 spiro atoms. The van der Waals surface area contributed by atoms with E-state index >= 15 is 0 Å². The summed E-state index contributed by atoms with van der Waals surface area (Å²) in [4.78, 5) is 26.4. The molecule has 31 heavy (non-hydrogen) atoms. The fourth-order valence-electron chi connectivity index (χ4n) is 3.48. The van der Waals surface area contributed by atoms with Crippen molar-refractivity contribution in [2.75, 3.05) is 25.0 Å². The highest BCUT2D eigenvalue weighted by atomic mass is 16.2. The number of anilines is 1. The first-order valence-electron chi connectivity index (χ1n) is 11.7. The number of hydrogen-bond acceptors (Lipinski definition) is 4. The van der Waals surface area contributed by atoms with Gasteiger partial charge in [-0.2, -0.15) is 5.26 Å². The average molecular weight is 429 g/mol. The van der Waals surface area contributed by atoms with E-state index in [2.05, 4.69) is 49.6 Å². The molecule has 3 aliphatic heterocycles. The Morgan fingerprint density at radius 2 is 1.71 bits per heavy atom. The number of hydrogen-bond donors (Lipinski definition) is 2. The van der Waals surface area contributed by atoms with Crippen molar-refractivity contribution in [3.8, 4) is 6.07 Å². The van der Waals surface area contributed by atoms with Gasteiger partial charge in [0, 0.05) is 12.2 Å². The number of aryl methyl sites for hydroxylation is 1. The second kappa shape index (κ2) is 14.6. The predicted molar refractivity (Wildman–Crippen MR) is 127 cm³/mol. The second-order valence-corrected chi connectivity index (χ2v) is 8.53. The maximum atomic E-state index is 12.5. The van der Waals surface area contributed by atoms with Crippen molar-refractivity contribution in [3.63, 3.8) is 0 Å². The number of nitriles is 1. The van der Waals surface area contributed by atoms with Crippen LogP contribution in [-0.4, -0.2) is 42.4 Å². The largest absolute Gasteiger partial charge is 0.326 e. The van der Waals surface area contributed by atoms with Gasteiger partial charge in [-0.05, 0) is 55.8 Å². The fraction of sp³-hybridized carbons (Fsp3) is 0.640. The van der Waals surface area contributed by atoms with Crippen molar-refractivity contribution in [1.82, 2.24) is 10.2 Å². The molecule has 1 aromatic carbocycles. The van der Waals surface area contributed by atoms with Gasteiger partial charge in [0.15, 0.2) is 0 Å². The van der Waals surface area contributed by atoms with E-state index in [-0.39, 0.29) is 24.3 Å². The molecule has 2 atom stereocenters. The summed E-state index contributed by atoms with van der Waals surface area (Å²) in [7, 11) is 0. The van der Waals surface area contributed by atoms with E-state index in [1.807, 2.05) is 26.0 Å². The third kappa shape index (κ3) is 9.52. The molecule has 6 heteroatoms. The van der Waals surface area contributed by atoms with Crippen molar-refractivity contribution in [2.24, 2.45) is 11.8 Å². The molecule has 0 saturated carbocycles. The van der Waals surface area contributed by atoms with Gasteiger partial charge in [-0.3, -0.25) is 9.59 Å². The molecule has 4 bridgehead atoms. The molecular formula is C25H40N4O2. The molecule has 2 N–H and O–H groups in total. The molecule has 1 fully saturated rings. The number of rotatable bonds is 0. The lowest BCUT2D eigenvalue weighted by Gasteiger charge is -2.20. The Kier molecular flexibility index (Phi) is 12.5. The highest BCUT2D eigenvalue weighted by Crippen LogP contribution is 2.25. The topological polar surface area (TPSA) is 85.2 Å². The summed E-state index contributed by atoms with van der Waals surface area (Å²) in [5, 5.41) is 15.4. The number of amides is 2.